The second-order valence-electron chi connectivity index (χ2n) is 4.76. The van der Waals surface area contributed by atoms with Crippen LogP contribution in [-0.4, -0.2) is 42.5 Å². The van der Waals surface area contributed by atoms with Crippen LogP contribution in [0.15, 0.2) is 24.5 Å². The smallest absolute Gasteiger partial charge is 0.235 e. The van der Waals surface area contributed by atoms with Crippen molar-refractivity contribution in [3.8, 4) is 0 Å². The molecule has 7 heteroatoms. The van der Waals surface area contributed by atoms with Crippen molar-refractivity contribution in [3.05, 3.63) is 30.1 Å². The van der Waals surface area contributed by atoms with Crippen LogP contribution in [0.1, 0.15) is 25.8 Å². The molecule has 0 bridgehead atoms. The monoisotopic (exact) mass is 299 g/mol. The van der Waals surface area contributed by atoms with Gasteiger partial charge in [-0.25, -0.2) is 8.42 Å². The van der Waals surface area contributed by atoms with E-state index in [0.29, 0.717) is 0 Å². The Balaban J connectivity index is 2.74. The Hall–Kier alpha value is -1.47. The summed E-state index contributed by atoms with van der Waals surface area (Å²) in [6, 6.07) is 3.49. The second-order valence-corrected chi connectivity index (χ2v) is 6.75. The summed E-state index contributed by atoms with van der Waals surface area (Å²) in [6.07, 6.45) is 5.09. The van der Waals surface area contributed by atoms with Gasteiger partial charge < -0.3 is 5.32 Å². The minimum atomic E-state index is -3.45. The third-order valence-corrected chi connectivity index (χ3v) is 4.11. The van der Waals surface area contributed by atoms with Gasteiger partial charge >= 0.3 is 0 Å². The number of nitrogens with one attached hydrogen (secondary N) is 1. The van der Waals surface area contributed by atoms with E-state index in [4.69, 9.17) is 0 Å². The Kier molecular flexibility index (Phi) is 6.09. The maximum absolute atomic E-state index is 11.8. The molecule has 0 aliphatic heterocycles. The average molecular weight is 299 g/mol. The van der Waals surface area contributed by atoms with Gasteiger partial charge in [-0.05, 0) is 31.0 Å². The lowest BCUT2D eigenvalue weighted by atomic mass is 10.2. The Morgan fingerprint density at radius 2 is 2.00 bits per heavy atom. The molecule has 0 aliphatic rings. The first-order chi connectivity index (χ1) is 9.32. The highest BCUT2D eigenvalue weighted by atomic mass is 32.2. The van der Waals surface area contributed by atoms with Crippen molar-refractivity contribution in [2.75, 3.05) is 12.8 Å². The summed E-state index contributed by atoms with van der Waals surface area (Å²) in [5, 5.41) is 2.76. The molecule has 0 radical (unpaired) electrons. The molecule has 1 aromatic rings. The number of carbonyl (C=O) groups is 1. The van der Waals surface area contributed by atoms with Crippen molar-refractivity contribution in [2.24, 2.45) is 0 Å². The highest BCUT2D eigenvalue weighted by Gasteiger charge is 2.21. The van der Waals surface area contributed by atoms with Crippen LogP contribution in [0.3, 0.4) is 0 Å². The van der Waals surface area contributed by atoms with E-state index in [9.17, 15) is 13.2 Å². The Morgan fingerprint density at radius 1 is 1.40 bits per heavy atom. The van der Waals surface area contributed by atoms with E-state index in [1.165, 1.54) is 0 Å². The number of amides is 1. The maximum atomic E-state index is 11.8. The van der Waals surface area contributed by atoms with Crippen LogP contribution in [0.25, 0.3) is 0 Å². The van der Waals surface area contributed by atoms with Crippen LogP contribution >= 0.6 is 0 Å². The van der Waals surface area contributed by atoms with Crippen LogP contribution in [0.5, 0.6) is 0 Å². The van der Waals surface area contributed by atoms with Gasteiger partial charge in [0, 0.05) is 25.0 Å². The van der Waals surface area contributed by atoms with Crippen molar-refractivity contribution in [1.82, 2.24) is 14.6 Å². The molecule has 0 saturated carbocycles. The van der Waals surface area contributed by atoms with Crippen LogP contribution in [0.4, 0.5) is 0 Å². The van der Waals surface area contributed by atoms with E-state index in [-0.39, 0.29) is 25.0 Å². The molecule has 6 nitrogen and oxygen atoms in total. The van der Waals surface area contributed by atoms with Gasteiger partial charge in [0.15, 0.2) is 0 Å². The van der Waals surface area contributed by atoms with Crippen LogP contribution in [0.2, 0.25) is 0 Å². The standard InChI is InChI=1S/C13H21N3O3S/c1-4-11(2)15-13(17)10-16(20(3,18)19)9-12-5-7-14-8-6-12/h5-8,11H,4,9-10H2,1-3H3,(H,15,17). The van der Waals surface area contributed by atoms with Gasteiger partial charge in [0.25, 0.3) is 0 Å². The molecule has 1 N–H and O–H groups in total. The van der Waals surface area contributed by atoms with Gasteiger partial charge in [0.05, 0.1) is 12.8 Å². The predicted octanol–water partition coefficient (Wildman–Crippen LogP) is 0.758. The van der Waals surface area contributed by atoms with Crippen molar-refractivity contribution < 1.29 is 13.2 Å². The fourth-order valence-corrected chi connectivity index (χ4v) is 2.30. The van der Waals surface area contributed by atoms with Gasteiger partial charge in [-0.1, -0.05) is 6.92 Å². The van der Waals surface area contributed by atoms with Gasteiger partial charge in [0.2, 0.25) is 15.9 Å². The molecular formula is C13H21N3O3S. The van der Waals surface area contributed by atoms with Crippen molar-refractivity contribution in [2.45, 2.75) is 32.9 Å². The molecule has 0 saturated heterocycles. The summed E-state index contributed by atoms with van der Waals surface area (Å²) in [5.41, 5.74) is 0.793. The first-order valence-corrected chi connectivity index (χ1v) is 8.31. The average Bonchev–Trinajstić information content (AvgIpc) is 2.38. The Labute approximate surface area is 120 Å². The molecule has 1 unspecified atom stereocenters. The molecule has 1 rings (SSSR count). The molecule has 1 amide bonds. The number of pyridine rings is 1. The molecule has 0 fully saturated rings. The van der Waals surface area contributed by atoms with Gasteiger partial charge in [0.1, 0.15) is 0 Å². The summed E-state index contributed by atoms with van der Waals surface area (Å²) < 4.78 is 24.7. The quantitative estimate of drug-likeness (QED) is 0.806. The zero-order valence-electron chi connectivity index (χ0n) is 12.0. The third-order valence-electron chi connectivity index (χ3n) is 2.92. The normalized spacial score (nSPS) is 13.2. The van der Waals surface area contributed by atoms with Gasteiger partial charge in [-0.3, -0.25) is 9.78 Å². The number of carbonyl (C=O) groups excluding carboxylic acids is 1. The Bertz CT molecular complexity index is 531. The van der Waals surface area contributed by atoms with Crippen molar-refractivity contribution in [1.29, 1.82) is 0 Å². The molecular weight excluding hydrogens is 278 g/mol. The van der Waals surface area contributed by atoms with Crippen molar-refractivity contribution >= 4 is 15.9 Å². The minimum Gasteiger partial charge on any atom is -0.353 e. The zero-order chi connectivity index (χ0) is 15.2. The lowest BCUT2D eigenvalue weighted by Gasteiger charge is -2.20. The SMILES string of the molecule is CCC(C)NC(=O)CN(Cc1ccncc1)S(C)(=O)=O. The van der Waals surface area contributed by atoms with E-state index in [1.54, 1.807) is 24.5 Å². The summed E-state index contributed by atoms with van der Waals surface area (Å²) >= 11 is 0. The minimum absolute atomic E-state index is 0.0323. The van der Waals surface area contributed by atoms with E-state index in [2.05, 4.69) is 10.3 Å². The molecule has 1 heterocycles. The summed E-state index contributed by atoms with van der Waals surface area (Å²) in [5.74, 6) is -0.293. The number of rotatable bonds is 7. The van der Waals surface area contributed by atoms with Crippen LogP contribution in [-0.2, 0) is 21.4 Å². The van der Waals surface area contributed by atoms with Crippen LogP contribution < -0.4 is 5.32 Å². The first kappa shape index (κ1) is 16.6. The number of hydrogen-bond acceptors (Lipinski definition) is 4. The maximum Gasteiger partial charge on any atom is 0.235 e. The molecule has 1 aromatic heterocycles. The number of nitrogens with zero attached hydrogens (tertiary/aromatic N) is 2. The van der Waals surface area contributed by atoms with E-state index in [1.807, 2.05) is 13.8 Å². The van der Waals surface area contributed by atoms with Crippen LogP contribution in [0, 0.1) is 0 Å². The van der Waals surface area contributed by atoms with E-state index < -0.39 is 10.0 Å². The molecule has 0 aromatic carbocycles. The Morgan fingerprint density at radius 3 is 2.50 bits per heavy atom. The van der Waals surface area contributed by atoms with E-state index in [0.717, 1.165) is 22.5 Å². The topological polar surface area (TPSA) is 79.4 Å². The number of sulfonamides is 1. The predicted molar refractivity (Wildman–Crippen MR) is 77.4 cm³/mol. The summed E-state index contributed by atoms with van der Waals surface area (Å²) in [4.78, 5) is 15.7. The largest absolute Gasteiger partial charge is 0.353 e. The molecule has 0 aliphatic carbocycles. The van der Waals surface area contributed by atoms with E-state index >= 15 is 0 Å². The van der Waals surface area contributed by atoms with Crippen molar-refractivity contribution in [3.63, 3.8) is 0 Å². The molecule has 112 valence electrons. The third kappa shape index (κ3) is 5.66. The number of aromatic nitrogens is 1. The number of hydrogen-bond donors (Lipinski definition) is 1. The highest BCUT2D eigenvalue weighted by molar-refractivity contribution is 7.88. The summed E-state index contributed by atoms with van der Waals surface area (Å²) in [6.45, 7) is 3.82. The van der Waals surface area contributed by atoms with Gasteiger partial charge in [-0.15, -0.1) is 0 Å². The lowest BCUT2D eigenvalue weighted by Crippen LogP contribution is -2.42. The highest BCUT2D eigenvalue weighted by Crippen LogP contribution is 2.07. The zero-order valence-corrected chi connectivity index (χ0v) is 12.9. The second kappa shape index (κ2) is 7.35. The molecule has 1 atom stereocenters. The first-order valence-electron chi connectivity index (χ1n) is 6.46. The fourth-order valence-electron chi connectivity index (χ4n) is 1.56. The van der Waals surface area contributed by atoms with Gasteiger partial charge in [-0.2, -0.15) is 4.31 Å². The molecule has 0 spiro atoms. The fraction of sp³-hybridized carbons (Fsp3) is 0.538. The lowest BCUT2D eigenvalue weighted by molar-refractivity contribution is -0.122. The summed E-state index contributed by atoms with van der Waals surface area (Å²) in [7, 11) is -3.45. The molecule has 20 heavy (non-hydrogen) atoms.